The lowest BCUT2D eigenvalue weighted by atomic mass is 9.66. The van der Waals surface area contributed by atoms with Gasteiger partial charge in [-0.1, -0.05) is 45.9 Å². The third-order valence-corrected chi connectivity index (χ3v) is 11.4. The van der Waals surface area contributed by atoms with Crippen molar-refractivity contribution in [2.75, 3.05) is 19.0 Å². The molecule has 4 fully saturated rings. The van der Waals surface area contributed by atoms with Gasteiger partial charge in [0.1, 0.15) is 17.3 Å². The average Bonchev–Trinajstić information content (AvgIpc) is 3.72. The SMILES string of the molecule is CNc1ccccc1C(=O)O[C@@]1([C@H](O)[C@@H](C)[C@@]2(O)C[C@@H]3O[C@@]34COC(C)(C)O[C@H]4[C@]3(O)C(=O)C(C)=C[C@@H]23)[C@H](C)C1(C)C. The Morgan fingerprint density at radius 2 is 1.79 bits per heavy atom. The van der Waals surface area contributed by atoms with Gasteiger partial charge in [-0.05, 0) is 38.5 Å². The highest BCUT2D eigenvalue weighted by atomic mass is 16.8. The van der Waals surface area contributed by atoms with Crippen LogP contribution in [0.25, 0.3) is 0 Å². The molecule has 0 unspecified atom stereocenters. The smallest absolute Gasteiger partial charge is 0.340 e. The van der Waals surface area contributed by atoms with Crippen LogP contribution in [0.3, 0.4) is 0 Å². The number of fused-ring (bicyclic) bond motifs is 2. The fraction of sp³-hybridized carbons (Fsp3) is 0.688. The number of carbonyl (C=O) groups excluding carboxylic acids is 2. The van der Waals surface area contributed by atoms with Crippen molar-refractivity contribution in [1.29, 1.82) is 0 Å². The van der Waals surface area contributed by atoms with Crippen LogP contribution < -0.4 is 5.32 Å². The summed E-state index contributed by atoms with van der Waals surface area (Å²) in [6.07, 6.45) is -1.42. The van der Waals surface area contributed by atoms with Crippen molar-refractivity contribution in [2.24, 2.45) is 23.2 Å². The number of hydrogen-bond donors (Lipinski definition) is 4. The number of esters is 1. The van der Waals surface area contributed by atoms with Crippen molar-refractivity contribution < 1.29 is 43.9 Å². The summed E-state index contributed by atoms with van der Waals surface area (Å²) in [5, 5.41) is 40.2. The normalized spacial score (nSPS) is 44.0. The number of para-hydroxylation sites is 1. The zero-order valence-electron chi connectivity index (χ0n) is 25.6. The number of anilines is 1. The average molecular weight is 586 g/mol. The maximum atomic E-state index is 13.7. The first-order valence-corrected chi connectivity index (χ1v) is 14.8. The highest BCUT2D eigenvalue weighted by molar-refractivity contribution is 6.05. The first kappa shape index (κ1) is 29.7. The lowest BCUT2D eigenvalue weighted by Gasteiger charge is -2.50. The number of aliphatic hydroxyl groups excluding tert-OH is 1. The molecule has 10 nitrogen and oxygen atoms in total. The van der Waals surface area contributed by atoms with E-state index in [1.54, 1.807) is 65.1 Å². The van der Waals surface area contributed by atoms with Gasteiger partial charge in [0.05, 0.1) is 30.0 Å². The molecule has 2 heterocycles. The largest absolute Gasteiger partial charge is 0.452 e. The molecule has 1 aromatic carbocycles. The number of epoxide rings is 1. The van der Waals surface area contributed by atoms with Gasteiger partial charge >= 0.3 is 5.97 Å². The minimum atomic E-state index is -2.15. The van der Waals surface area contributed by atoms with Gasteiger partial charge in [0.15, 0.2) is 17.2 Å². The van der Waals surface area contributed by atoms with E-state index < -0.39 is 75.5 Å². The van der Waals surface area contributed by atoms with Crippen LogP contribution in [0, 0.1) is 23.2 Å². The standard InChI is InChI=1S/C32H43NO9/c1-16-13-21-29(37,14-22-30(40-22)15-39-28(6,7)42-26(30)31(21,38)23(16)34)17(2)24(35)32(18(3)27(32,4)5)41-25(36)19-11-9-10-12-20(19)33-8/h9-13,17-18,21-22,24,26,33,35,37-38H,14-15H2,1-8H3/t17-,18-,21+,22+,24-,26-,29+,30+,31-,32-/m1/s1. The van der Waals surface area contributed by atoms with E-state index in [0.29, 0.717) is 16.8 Å². The molecule has 0 amide bonds. The molecule has 1 spiro atoms. The Hall–Kier alpha value is -2.34. The molecule has 230 valence electrons. The topological polar surface area (TPSA) is 147 Å². The fourth-order valence-electron chi connectivity index (χ4n) is 8.32. The van der Waals surface area contributed by atoms with E-state index in [0.717, 1.165) is 0 Å². The number of benzene rings is 1. The van der Waals surface area contributed by atoms with Gasteiger partial charge in [0.2, 0.25) is 0 Å². The summed E-state index contributed by atoms with van der Waals surface area (Å²) in [5.41, 5.74) is -5.86. The second-order valence-corrected chi connectivity index (χ2v) is 14.1. The van der Waals surface area contributed by atoms with Crippen LogP contribution in [0.15, 0.2) is 35.9 Å². The number of ketones is 1. The Kier molecular flexibility index (Phi) is 6.27. The monoisotopic (exact) mass is 585 g/mol. The first-order chi connectivity index (χ1) is 19.4. The zero-order valence-corrected chi connectivity index (χ0v) is 25.6. The van der Waals surface area contributed by atoms with Crippen LogP contribution in [0.2, 0.25) is 0 Å². The highest BCUT2D eigenvalue weighted by Gasteiger charge is 2.82. The van der Waals surface area contributed by atoms with Crippen LogP contribution in [0.4, 0.5) is 5.69 Å². The van der Waals surface area contributed by atoms with E-state index >= 15 is 0 Å². The van der Waals surface area contributed by atoms with E-state index in [9.17, 15) is 24.9 Å². The Morgan fingerprint density at radius 3 is 2.40 bits per heavy atom. The van der Waals surface area contributed by atoms with Crippen molar-refractivity contribution in [1.82, 2.24) is 0 Å². The molecule has 6 rings (SSSR count). The second kappa shape index (κ2) is 8.86. The fourth-order valence-corrected chi connectivity index (χ4v) is 8.32. The number of ether oxygens (including phenoxy) is 4. The molecule has 3 aliphatic carbocycles. The van der Waals surface area contributed by atoms with E-state index in [4.69, 9.17) is 18.9 Å². The van der Waals surface area contributed by atoms with Crippen LogP contribution in [-0.2, 0) is 23.7 Å². The Morgan fingerprint density at radius 1 is 1.14 bits per heavy atom. The van der Waals surface area contributed by atoms with E-state index in [2.05, 4.69) is 5.32 Å². The molecule has 1 aromatic rings. The Balaban J connectivity index is 1.40. The van der Waals surface area contributed by atoms with Gasteiger partial charge in [0, 0.05) is 42.3 Å². The van der Waals surface area contributed by atoms with E-state index in [1.807, 2.05) is 20.8 Å². The second-order valence-electron chi connectivity index (χ2n) is 14.1. The summed E-state index contributed by atoms with van der Waals surface area (Å²) < 4.78 is 24.5. The van der Waals surface area contributed by atoms with Gasteiger partial charge in [0.25, 0.3) is 0 Å². The Labute approximate surface area is 246 Å². The molecular weight excluding hydrogens is 542 g/mol. The van der Waals surface area contributed by atoms with Crippen LogP contribution >= 0.6 is 0 Å². The molecule has 0 aromatic heterocycles. The predicted molar refractivity (Wildman–Crippen MR) is 152 cm³/mol. The molecule has 42 heavy (non-hydrogen) atoms. The molecule has 10 atom stereocenters. The van der Waals surface area contributed by atoms with Crippen molar-refractivity contribution in [2.45, 2.75) is 101 Å². The van der Waals surface area contributed by atoms with Gasteiger partial charge in [-0.15, -0.1) is 0 Å². The molecule has 2 aliphatic heterocycles. The summed E-state index contributed by atoms with van der Waals surface area (Å²) >= 11 is 0. The highest BCUT2D eigenvalue weighted by Crippen LogP contribution is 2.69. The zero-order chi connectivity index (χ0) is 30.8. The molecule has 2 saturated heterocycles. The lowest BCUT2D eigenvalue weighted by molar-refractivity contribution is -0.328. The third kappa shape index (κ3) is 3.59. The maximum absolute atomic E-state index is 13.7. The molecular formula is C32H43NO9. The van der Waals surface area contributed by atoms with Gasteiger partial charge in [-0.3, -0.25) is 4.79 Å². The minimum Gasteiger partial charge on any atom is -0.452 e. The third-order valence-electron chi connectivity index (χ3n) is 11.4. The number of nitrogens with one attached hydrogen (secondary N) is 1. The Bertz CT molecular complexity index is 1370. The molecule has 4 N–H and O–H groups in total. The molecule has 10 heteroatoms. The van der Waals surface area contributed by atoms with Gasteiger partial charge in [-0.25, -0.2) is 4.79 Å². The van der Waals surface area contributed by atoms with E-state index in [-0.39, 0.29) is 18.9 Å². The number of rotatable bonds is 6. The molecule has 0 radical (unpaired) electrons. The van der Waals surface area contributed by atoms with Crippen LogP contribution in [-0.4, -0.2) is 87.2 Å². The summed E-state index contributed by atoms with van der Waals surface area (Å²) in [5.74, 6) is -4.56. The molecule has 0 bridgehead atoms. The number of Topliss-reactive ketones (excluding diaryl/α,β-unsaturated/α-hetero) is 1. The van der Waals surface area contributed by atoms with Crippen molar-refractivity contribution in [3.05, 3.63) is 41.5 Å². The van der Waals surface area contributed by atoms with Gasteiger partial charge in [-0.2, -0.15) is 0 Å². The van der Waals surface area contributed by atoms with Gasteiger partial charge < -0.3 is 39.6 Å². The summed E-state index contributed by atoms with van der Waals surface area (Å²) in [7, 11) is 1.71. The first-order valence-electron chi connectivity index (χ1n) is 14.8. The van der Waals surface area contributed by atoms with E-state index in [1.165, 1.54) is 0 Å². The van der Waals surface area contributed by atoms with Crippen LogP contribution in [0.1, 0.15) is 65.2 Å². The van der Waals surface area contributed by atoms with Crippen LogP contribution in [0.5, 0.6) is 0 Å². The number of aliphatic hydroxyl groups is 3. The summed E-state index contributed by atoms with van der Waals surface area (Å²) in [6.45, 7) is 12.5. The lowest BCUT2D eigenvalue weighted by Crippen LogP contribution is -2.68. The summed E-state index contributed by atoms with van der Waals surface area (Å²) in [4.78, 5) is 27.3. The summed E-state index contributed by atoms with van der Waals surface area (Å²) in [6, 6.07) is 6.97. The van der Waals surface area contributed by atoms with Crippen molar-refractivity contribution in [3.8, 4) is 0 Å². The molecule has 2 saturated carbocycles. The number of hydrogen-bond acceptors (Lipinski definition) is 10. The van der Waals surface area contributed by atoms with Crippen molar-refractivity contribution in [3.63, 3.8) is 0 Å². The molecule has 5 aliphatic rings. The minimum absolute atomic E-state index is 0.0142. The number of carbonyl (C=O) groups is 2. The quantitative estimate of drug-likeness (QED) is 0.290. The predicted octanol–water partition coefficient (Wildman–Crippen LogP) is 2.60. The maximum Gasteiger partial charge on any atom is 0.340 e. The van der Waals surface area contributed by atoms with Crippen molar-refractivity contribution >= 4 is 17.4 Å².